The van der Waals surface area contributed by atoms with Crippen LogP contribution in [0.3, 0.4) is 0 Å². The molecule has 0 aromatic heterocycles. The Balaban J connectivity index is 1.90. The van der Waals surface area contributed by atoms with E-state index in [0.29, 0.717) is 22.3 Å². The fourth-order valence-electron chi connectivity index (χ4n) is 2.48. The lowest BCUT2D eigenvalue weighted by atomic mass is 9.87. The third kappa shape index (κ3) is 5.79. The van der Waals surface area contributed by atoms with Gasteiger partial charge in [-0.15, -0.1) is 0 Å². The van der Waals surface area contributed by atoms with Gasteiger partial charge in [-0.1, -0.05) is 44.5 Å². The SMILES string of the molecule is COc1cc(Cl)c(CNC(=O)COc2ccc(C(C)(C)C)cc2)cc1OC. The Bertz CT molecular complexity index is 782. The molecule has 1 amide bonds. The second kappa shape index (κ2) is 9.00. The van der Waals surface area contributed by atoms with Gasteiger partial charge in [-0.25, -0.2) is 0 Å². The van der Waals surface area contributed by atoms with E-state index in [4.69, 9.17) is 25.8 Å². The van der Waals surface area contributed by atoms with Crippen LogP contribution in [0, 0.1) is 0 Å². The number of methoxy groups -OCH3 is 2. The Morgan fingerprint density at radius 3 is 2.19 bits per heavy atom. The molecule has 146 valence electrons. The maximum atomic E-state index is 12.1. The largest absolute Gasteiger partial charge is 0.493 e. The smallest absolute Gasteiger partial charge is 0.258 e. The third-order valence-electron chi connectivity index (χ3n) is 4.12. The van der Waals surface area contributed by atoms with E-state index < -0.39 is 0 Å². The van der Waals surface area contributed by atoms with Crippen molar-refractivity contribution in [1.82, 2.24) is 5.32 Å². The third-order valence-corrected chi connectivity index (χ3v) is 4.47. The molecule has 0 aliphatic heterocycles. The molecule has 0 fully saturated rings. The quantitative estimate of drug-likeness (QED) is 0.762. The zero-order chi connectivity index (χ0) is 20.0. The molecule has 0 atom stereocenters. The maximum Gasteiger partial charge on any atom is 0.258 e. The number of hydrogen-bond acceptors (Lipinski definition) is 4. The van der Waals surface area contributed by atoms with Crippen molar-refractivity contribution < 1.29 is 19.0 Å². The Labute approximate surface area is 165 Å². The minimum absolute atomic E-state index is 0.0697. The van der Waals surface area contributed by atoms with Gasteiger partial charge < -0.3 is 19.5 Å². The van der Waals surface area contributed by atoms with E-state index in [-0.39, 0.29) is 24.5 Å². The van der Waals surface area contributed by atoms with Crippen molar-refractivity contribution in [1.29, 1.82) is 0 Å². The molecule has 0 aliphatic rings. The summed E-state index contributed by atoms with van der Waals surface area (Å²) < 4.78 is 16.0. The van der Waals surface area contributed by atoms with Crippen LogP contribution in [0.1, 0.15) is 31.9 Å². The van der Waals surface area contributed by atoms with Gasteiger partial charge in [-0.05, 0) is 34.7 Å². The van der Waals surface area contributed by atoms with Gasteiger partial charge in [0.1, 0.15) is 5.75 Å². The molecule has 2 aromatic rings. The lowest BCUT2D eigenvalue weighted by molar-refractivity contribution is -0.123. The summed E-state index contributed by atoms with van der Waals surface area (Å²) in [7, 11) is 3.09. The van der Waals surface area contributed by atoms with Gasteiger partial charge >= 0.3 is 0 Å². The summed E-state index contributed by atoms with van der Waals surface area (Å²) in [5.74, 6) is 1.52. The van der Waals surface area contributed by atoms with Crippen LogP contribution >= 0.6 is 11.6 Å². The molecule has 0 bridgehead atoms. The van der Waals surface area contributed by atoms with E-state index in [0.717, 1.165) is 5.56 Å². The van der Waals surface area contributed by atoms with E-state index in [9.17, 15) is 4.79 Å². The number of benzene rings is 2. The fourth-order valence-corrected chi connectivity index (χ4v) is 2.70. The van der Waals surface area contributed by atoms with Crippen molar-refractivity contribution in [3.63, 3.8) is 0 Å². The summed E-state index contributed by atoms with van der Waals surface area (Å²) in [6.45, 7) is 6.64. The van der Waals surface area contributed by atoms with Gasteiger partial charge in [0.05, 0.1) is 14.2 Å². The second-order valence-corrected chi connectivity index (χ2v) is 7.55. The van der Waals surface area contributed by atoms with E-state index in [2.05, 4.69) is 26.1 Å². The van der Waals surface area contributed by atoms with E-state index >= 15 is 0 Å². The van der Waals surface area contributed by atoms with Crippen LogP contribution in [-0.4, -0.2) is 26.7 Å². The van der Waals surface area contributed by atoms with E-state index in [1.54, 1.807) is 26.4 Å². The monoisotopic (exact) mass is 391 g/mol. The standard InChI is InChI=1S/C21H26ClNO4/c1-21(2,3)15-6-8-16(9-7-15)27-13-20(24)23-12-14-10-18(25-4)19(26-5)11-17(14)22/h6-11H,12-13H2,1-5H3,(H,23,24). The lowest BCUT2D eigenvalue weighted by Crippen LogP contribution is -2.28. The molecule has 0 unspecified atom stereocenters. The molecule has 0 saturated carbocycles. The Hall–Kier alpha value is -2.40. The molecule has 1 N–H and O–H groups in total. The van der Waals surface area contributed by atoms with Crippen LogP contribution < -0.4 is 19.5 Å². The molecule has 0 radical (unpaired) electrons. The highest BCUT2D eigenvalue weighted by Crippen LogP contribution is 2.33. The Kier molecular flexibility index (Phi) is 6.97. The topological polar surface area (TPSA) is 56.8 Å². The number of nitrogens with one attached hydrogen (secondary N) is 1. The highest BCUT2D eigenvalue weighted by Gasteiger charge is 2.14. The predicted octanol–water partition coefficient (Wildman–Crippen LogP) is 4.35. The average molecular weight is 392 g/mol. The van der Waals surface area contributed by atoms with E-state index in [1.807, 2.05) is 24.3 Å². The van der Waals surface area contributed by atoms with Crippen LogP contribution in [0.15, 0.2) is 36.4 Å². The van der Waals surface area contributed by atoms with Gasteiger partial charge in [0.25, 0.3) is 5.91 Å². The summed E-state index contributed by atoms with van der Waals surface area (Å²) >= 11 is 6.23. The van der Waals surface area contributed by atoms with Crippen LogP contribution in [0.2, 0.25) is 5.02 Å². The molecule has 27 heavy (non-hydrogen) atoms. The summed E-state index contributed by atoms with van der Waals surface area (Å²) in [5, 5.41) is 3.28. The van der Waals surface area contributed by atoms with Crippen molar-refractivity contribution in [3.8, 4) is 17.2 Å². The summed E-state index contributed by atoms with van der Waals surface area (Å²) in [4.78, 5) is 12.1. The fraction of sp³-hybridized carbons (Fsp3) is 0.381. The molecule has 0 heterocycles. The Morgan fingerprint density at radius 1 is 1.04 bits per heavy atom. The molecule has 2 rings (SSSR count). The summed E-state index contributed by atoms with van der Waals surface area (Å²) in [5.41, 5.74) is 2.02. The molecular formula is C21H26ClNO4. The number of hydrogen-bond donors (Lipinski definition) is 1. The molecule has 5 nitrogen and oxygen atoms in total. The first-order chi connectivity index (χ1) is 12.7. The van der Waals surface area contributed by atoms with Gasteiger partial charge in [0, 0.05) is 17.6 Å². The van der Waals surface area contributed by atoms with Gasteiger partial charge in [0.15, 0.2) is 18.1 Å². The molecule has 0 saturated heterocycles. The molecule has 2 aromatic carbocycles. The van der Waals surface area contributed by atoms with Gasteiger partial charge in [-0.2, -0.15) is 0 Å². The first-order valence-corrected chi connectivity index (χ1v) is 9.03. The lowest BCUT2D eigenvalue weighted by Gasteiger charge is -2.19. The van der Waals surface area contributed by atoms with Crippen molar-refractivity contribution in [3.05, 3.63) is 52.5 Å². The highest BCUT2D eigenvalue weighted by atomic mass is 35.5. The van der Waals surface area contributed by atoms with Crippen molar-refractivity contribution >= 4 is 17.5 Å². The minimum atomic E-state index is -0.235. The van der Waals surface area contributed by atoms with Crippen molar-refractivity contribution in [2.24, 2.45) is 0 Å². The van der Waals surface area contributed by atoms with Crippen LogP contribution in [0.25, 0.3) is 0 Å². The molecule has 0 aliphatic carbocycles. The average Bonchev–Trinajstić information content (AvgIpc) is 2.64. The zero-order valence-corrected chi connectivity index (χ0v) is 17.1. The Morgan fingerprint density at radius 2 is 1.63 bits per heavy atom. The maximum absolute atomic E-state index is 12.1. The summed E-state index contributed by atoms with van der Waals surface area (Å²) in [6.07, 6.45) is 0. The molecule has 6 heteroatoms. The number of carbonyl (C=O) groups excluding carboxylic acids is 1. The molecular weight excluding hydrogens is 366 g/mol. The molecule has 0 spiro atoms. The predicted molar refractivity (Wildman–Crippen MR) is 107 cm³/mol. The van der Waals surface area contributed by atoms with E-state index in [1.165, 1.54) is 5.56 Å². The second-order valence-electron chi connectivity index (χ2n) is 7.14. The number of ether oxygens (including phenoxy) is 3. The van der Waals surface area contributed by atoms with Gasteiger partial charge in [0.2, 0.25) is 0 Å². The summed E-state index contributed by atoms with van der Waals surface area (Å²) in [6, 6.07) is 11.2. The minimum Gasteiger partial charge on any atom is -0.493 e. The van der Waals surface area contributed by atoms with Gasteiger partial charge in [-0.3, -0.25) is 4.79 Å². The first kappa shape index (κ1) is 20.9. The van der Waals surface area contributed by atoms with Crippen molar-refractivity contribution in [2.45, 2.75) is 32.7 Å². The highest BCUT2D eigenvalue weighted by molar-refractivity contribution is 6.31. The number of amides is 1. The van der Waals surface area contributed by atoms with Crippen LogP contribution in [0.4, 0.5) is 0 Å². The number of carbonyl (C=O) groups is 1. The first-order valence-electron chi connectivity index (χ1n) is 8.65. The zero-order valence-electron chi connectivity index (χ0n) is 16.4. The van der Waals surface area contributed by atoms with Crippen LogP contribution in [0.5, 0.6) is 17.2 Å². The number of rotatable bonds is 7. The normalized spacial score (nSPS) is 11.0. The van der Waals surface area contributed by atoms with Crippen LogP contribution in [-0.2, 0) is 16.8 Å². The van der Waals surface area contributed by atoms with Crippen molar-refractivity contribution in [2.75, 3.05) is 20.8 Å². The number of halogens is 1.